The average molecular weight is 182 g/mol. The smallest absolute Gasteiger partial charge is 0.315 e. The van der Waals surface area contributed by atoms with Gasteiger partial charge in [0.15, 0.2) is 0 Å². The number of nitro groups is 1. The van der Waals surface area contributed by atoms with E-state index in [2.05, 4.69) is 4.99 Å². The molecule has 0 amide bonds. The highest BCUT2D eigenvalue weighted by molar-refractivity contribution is 5.72. The topological polar surface area (TPSA) is 105 Å². The van der Waals surface area contributed by atoms with Crippen LogP contribution in [0.5, 0.6) is 0 Å². The number of nitrogens with two attached hydrogens (primary N) is 1. The van der Waals surface area contributed by atoms with Gasteiger partial charge in [0.25, 0.3) is 0 Å². The molecular formula is C7H10N4O2. The SMILES string of the molecule is CC(C)(C#N)N=CC=C(N)[N+](=O)[O-]. The van der Waals surface area contributed by atoms with Gasteiger partial charge in [-0.2, -0.15) is 5.26 Å². The first-order valence-electron chi connectivity index (χ1n) is 3.45. The van der Waals surface area contributed by atoms with Crippen molar-refractivity contribution in [2.24, 2.45) is 10.7 Å². The summed E-state index contributed by atoms with van der Waals surface area (Å²) in [6, 6.07) is 1.91. The fraction of sp³-hybridized carbons (Fsp3) is 0.429. The van der Waals surface area contributed by atoms with Crippen molar-refractivity contribution in [1.29, 1.82) is 5.26 Å². The largest absolute Gasteiger partial charge is 0.358 e. The Bertz CT molecular complexity index is 298. The molecule has 0 aliphatic heterocycles. The zero-order chi connectivity index (χ0) is 10.5. The molecule has 0 heterocycles. The first kappa shape index (κ1) is 11.1. The number of nitrogens with zero attached hydrogens (tertiary/aromatic N) is 3. The van der Waals surface area contributed by atoms with E-state index in [1.807, 2.05) is 6.07 Å². The monoisotopic (exact) mass is 182 g/mol. The first-order chi connectivity index (χ1) is 5.89. The number of rotatable bonds is 3. The summed E-state index contributed by atoms with van der Waals surface area (Å²) in [5, 5.41) is 18.5. The second-order valence-electron chi connectivity index (χ2n) is 2.80. The Balaban J connectivity index is 4.42. The van der Waals surface area contributed by atoms with Crippen LogP contribution in [0.2, 0.25) is 0 Å². The minimum Gasteiger partial charge on any atom is -0.358 e. The number of aliphatic imine (C=N–C) groups is 1. The summed E-state index contributed by atoms with van der Waals surface area (Å²) in [5.74, 6) is -0.502. The van der Waals surface area contributed by atoms with E-state index in [0.717, 1.165) is 12.3 Å². The molecular weight excluding hydrogens is 172 g/mol. The maximum atomic E-state index is 10.0. The fourth-order valence-electron chi connectivity index (χ4n) is 0.390. The Labute approximate surface area is 75.5 Å². The maximum absolute atomic E-state index is 10.0. The van der Waals surface area contributed by atoms with Crippen LogP contribution in [0.1, 0.15) is 13.8 Å². The van der Waals surface area contributed by atoms with Crippen molar-refractivity contribution >= 4 is 6.21 Å². The van der Waals surface area contributed by atoms with Crippen LogP contribution in [-0.4, -0.2) is 16.7 Å². The molecule has 0 fully saturated rings. The van der Waals surface area contributed by atoms with Crippen LogP contribution in [0.3, 0.4) is 0 Å². The van der Waals surface area contributed by atoms with Gasteiger partial charge in [0.05, 0.1) is 6.07 Å². The molecule has 0 saturated carbocycles. The van der Waals surface area contributed by atoms with Crippen molar-refractivity contribution in [3.05, 3.63) is 22.0 Å². The predicted octanol–water partition coefficient (Wildman–Crippen LogP) is 0.436. The van der Waals surface area contributed by atoms with Gasteiger partial charge in [-0.05, 0) is 18.8 Å². The van der Waals surface area contributed by atoms with Crippen molar-refractivity contribution in [3.63, 3.8) is 0 Å². The molecule has 0 saturated heterocycles. The summed E-state index contributed by atoms with van der Waals surface area (Å²) in [4.78, 5) is 13.0. The Kier molecular flexibility index (Phi) is 3.59. The first-order valence-corrected chi connectivity index (χ1v) is 3.45. The Morgan fingerprint density at radius 1 is 1.77 bits per heavy atom. The van der Waals surface area contributed by atoms with E-state index in [4.69, 9.17) is 11.0 Å². The third-order valence-corrected chi connectivity index (χ3v) is 1.13. The van der Waals surface area contributed by atoms with E-state index in [-0.39, 0.29) is 0 Å². The number of allylic oxidation sites excluding steroid dienone is 1. The predicted molar refractivity (Wildman–Crippen MR) is 47.4 cm³/mol. The lowest BCUT2D eigenvalue weighted by atomic mass is 10.1. The summed E-state index contributed by atoms with van der Waals surface area (Å²) in [7, 11) is 0. The second-order valence-corrected chi connectivity index (χ2v) is 2.80. The molecule has 0 aromatic heterocycles. The maximum Gasteiger partial charge on any atom is 0.315 e. The van der Waals surface area contributed by atoms with Crippen molar-refractivity contribution in [2.45, 2.75) is 19.4 Å². The van der Waals surface area contributed by atoms with Gasteiger partial charge in [-0.15, -0.1) is 0 Å². The molecule has 2 N–H and O–H groups in total. The van der Waals surface area contributed by atoms with Gasteiger partial charge in [0.1, 0.15) is 5.54 Å². The van der Waals surface area contributed by atoms with Gasteiger partial charge in [0.2, 0.25) is 0 Å². The lowest BCUT2D eigenvalue weighted by molar-refractivity contribution is -0.426. The van der Waals surface area contributed by atoms with Crippen molar-refractivity contribution < 1.29 is 4.92 Å². The zero-order valence-corrected chi connectivity index (χ0v) is 7.39. The van der Waals surface area contributed by atoms with Crippen LogP contribution in [0.25, 0.3) is 0 Å². The molecule has 13 heavy (non-hydrogen) atoms. The van der Waals surface area contributed by atoms with E-state index in [1.165, 1.54) is 0 Å². The normalized spacial score (nSPS) is 12.8. The number of hydrogen-bond acceptors (Lipinski definition) is 5. The van der Waals surface area contributed by atoms with E-state index in [9.17, 15) is 10.1 Å². The molecule has 6 heteroatoms. The van der Waals surface area contributed by atoms with Crippen LogP contribution in [0, 0.1) is 21.4 Å². The molecule has 0 aromatic rings. The van der Waals surface area contributed by atoms with Crippen molar-refractivity contribution in [1.82, 2.24) is 0 Å². The molecule has 0 radical (unpaired) electrons. The second kappa shape index (κ2) is 4.21. The van der Waals surface area contributed by atoms with Gasteiger partial charge >= 0.3 is 5.82 Å². The summed E-state index contributed by atoms with van der Waals surface area (Å²) in [5.41, 5.74) is 4.09. The van der Waals surface area contributed by atoms with Gasteiger partial charge in [0, 0.05) is 12.3 Å². The van der Waals surface area contributed by atoms with E-state index >= 15 is 0 Å². The lowest BCUT2D eigenvalue weighted by Crippen LogP contribution is -2.13. The van der Waals surface area contributed by atoms with E-state index < -0.39 is 16.3 Å². The van der Waals surface area contributed by atoms with Crippen molar-refractivity contribution in [3.8, 4) is 6.07 Å². The zero-order valence-electron chi connectivity index (χ0n) is 7.39. The molecule has 0 aliphatic rings. The molecule has 0 unspecified atom stereocenters. The summed E-state index contributed by atoms with van der Waals surface area (Å²) in [6.07, 6.45) is 2.19. The molecule has 0 aliphatic carbocycles. The Morgan fingerprint density at radius 2 is 2.31 bits per heavy atom. The third-order valence-electron chi connectivity index (χ3n) is 1.13. The highest BCUT2D eigenvalue weighted by atomic mass is 16.6. The highest BCUT2D eigenvalue weighted by Gasteiger charge is 2.11. The van der Waals surface area contributed by atoms with Crippen LogP contribution >= 0.6 is 0 Å². The fourth-order valence-corrected chi connectivity index (χ4v) is 0.390. The van der Waals surface area contributed by atoms with E-state index in [0.29, 0.717) is 0 Å². The molecule has 70 valence electrons. The van der Waals surface area contributed by atoms with Gasteiger partial charge in [-0.25, -0.2) is 0 Å². The molecule has 6 nitrogen and oxygen atoms in total. The number of nitriles is 1. The average Bonchev–Trinajstić information content (AvgIpc) is 2.04. The van der Waals surface area contributed by atoms with Gasteiger partial charge in [-0.3, -0.25) is 10.7 Å². The van der Waals surface area contributed by atoms with Crippen LogP contribution in [-0.2, 0) is 0 Å². The van der Waals surface area contributed by atoms with Crippen molar-refractivity contribution in [2.75, 3.05) is 0 Å². The summed E-state index contributed by atoms with van der Waals surface area (Å²) in [6.45, 7) is 3.17. The number of hydrogen-bond donors (Lipinski definition) is 1. The standard InChI is InChI=1S/C7H10N4O2/c1-7(2,5-8)10-4-3-6(9)11(12)13/h3-4H,9H2,1-2H3. The van der Waals surface area contributed by atoms with Crippen LogP contribution < -0.4 is 5.73 Å². The highest BCUT2D eigenvalue weighted by Crippen LogP contribution is 2.04. The summed E-state index contributed by atoms with van der Waals surface area (Å²) >= 11 is 0. The molecule has 0 rings (SSSR count). The quantitative estimate of drug-likeness (QED) is 0.388. The lowest BCUT2D eigenvalue weighted by Gasteiger charge is -2.05. The molecule has 0 spiro atoms. The minimum atomic E-state index is -0.882. The van der Waals surface area contributed by atoms with Gasteiger partial charge < -0.3 is 10.1 Å². The Hall–Kier alpha value is -1.90. The van der Waals surface area contributed by atoms with Gasteiger partial charge in [-0.1, -0.05) is 0 Å². The van der Waals surface area contributed by atoms with Crippen LogP contribution in [0.15, 0.2) is 16.9 Å². The third kappa shape index (κ3) is 4.53. The van der Waals surface area contributed by atoms with Crippen LogP contribution in [0.4, 0.5) is 0 Å². The molecule has 0 aromatic carbocycles. The Morgan fingerprint density at radius 3 is 2.69 bits per heavy atom. The molecule has 0 bridgehead atoms. The summed E-state index contributed by atoms with van der Waals surface area (Å²) < 4.78 is 0. The molecule has 0 atom stereocenters. The minimum absolute atomic E-state index is 0.502. The van der Waals surface area contributed by atoms with E-state index in [1.54, 1.807) is 13.8 Å².